The minimum atomic E-state index is -0.759. The molecule has 0 bridgehead atoms. The van der Waals surface area contributed by atoms with Crippen LogP contribution in [0.25, 0.3) is 11.3 Å². The Labute approximate surface area is 188 Å². The quantitative estimate of drug-likeness (QED) is 0.566. The van der Waals surface area contributed by atoms with Gasteiger partial charge in [0.25, 0.3) is 11.8 Å². The Balaban J connectivity index is 1.51. The SMILES string of the molecule is Nc1ncc(-c2ccc(C(=O)N3CC[C@@H](N)C3)cc2)nc1OCc1c(F)ccc(F)c1Cl. The molecule has 32 heavy (non-hydrogen) atoms. The van der Waals surface area contributed by atoms with Crippen molar-refractivity contribution in [1.82, 2.24) is 14.9 Å². The number of ether oxygens (including phenoxy) is 1. The zero-order valence-electron chi connectivity index (χ0n) is 16.9. The van der Waals surface area contributed by atoms with Gasteiger partial charge in [0, 0.05) is 35.8 Å². The Morgan fingerprint density at radius 2 is 1.91 bits per heavy atom. The second-order valence-electron chi connectivity index (χ2n) is 7.43. The number of halogens is 3. The van der Waals surface area contributed by atoms with Crippen LogP contribution in [0.3, 0.4) is 0 Å². The number of nitrogen functional groups attached to an aromatic ring is 1. The molecule has 1 atom stereocenters. The third-order valence-electron chi connectivity index (χ3n) is 5.20. The van der Waals surface area contributed by atoms with Gasteiger partial charge in [-0.2, -0.15) is 0 Å². The molecule has 7 nitrogen and oxygen atoms in total. The topological polar surface area (TPSA) is 107 Å². The number of carbonyl (C=O) groups excluding carboxylic acids is 1. The monoisotopic (exact) mass is 459 g/mol. The molecular weight excluding hydrogens is 440 g/mol. The molecule has 0 spiro atoms. The highest BCUT2D eigenvalue weighted by atomic mass is 35.5. The second kappa shape index (κ2) is 9.05. The number of benzene rings is 2. The van der Waals surface area contributed by atoms with Crippen molar-refractivity contribution >= 4 is 23.3 Å². The summed E-state index contributed by atoms with van der Waals surface area (Å²) in [6, 6.07) is 8.76. The zero-order valence-corrected chi connectivity index (χ0v) is 17.6. The average Bonchev–Trinajstić information content (AvgIpc) is 3.23. The summed E-state index contributed by atoms with van der Waals surface area (Å²) in [6.07, 6.45) is 2.24. The second-order valence-corrected chi connectivity index (χ2v) is 7.81. The largest absolute Gasteiger partial charge is 0.470 e. The summed E-state index contributed by atoms with van der Waals surface area (Å²) >= 11 is 5.83. The molecule has 1 amide bonds. The van der Waals surface area contributed by atoms with Crippen LogP contribution in [-0.2, 0) is 6.61 Å². The number of likely N-dealkylation sites (tertiary alicyclic amines) is 1. The van der Waals surface area contributed by atoms with E-state index >= 15 is 0 Å². The molecule has 1 aliphatic rings. The van der Waals surface area contributed by atoms with Crippen molar-refractivity contribution in [3.05, 3.63) is 70.4 Å². The summed E-state index contributed by atoms with van der Waals surface area (Å²) in [7, 11) is 0. The lowest BCUT2D eigenvalue weighted by Crippen LogP contribution is -2.31. The summed E-state index contributed by atoms with van der Waals surface area (Å²) < 4.78 is 33.1. The fraction of sp³-hybridized carbons (Fsp3) is 0.227. The standard InChI is InChI=1S/C22H20ClF2N5O2/c23-19-15(16(24)5-6-17(19)25)11-32-21-20(27)28-9-18(29-21)12-1-3-13(4-2-12)22(31)30-8-7-14(26)10-30/h1-6,9,14H,7-8,10-11,26H2,(H2,27,28)/t14-/m1/s1. The van der Waals surface area contributed by atoms with Gasteiger partial charge in [-0.3, -0.25) is 4.79 Å². The van der Waals surface area contributed by atoms with Crippen LogP contribution >= 0.6 is 11.6 Å². The number of carbonyl (C=O) groups is 1. The summed E-state index contributed by atoms with van der Waals surface area (Å²) in [5, 5.41) is -0.369. The first kappa shape index (κ1) is 21.9. The van der Waals surface area contributed by atoms with E-state index in [0.29, 0.717) is 29.9 Å². The van der Waals surface area contributed by atoms with Crippen molar-refractivity contribution in [2.75, 3.05) is 18.8 Å². The van der Waals surface area contributed by atoms with Crippen LogP contribution in [0.5, 0.6) is 5.88 Å². The van der Waals surface area contributed by atoms with E-state index in [-0.39, 0.29) is 40.8 Å². The van der Waals surface area contributed by atoms with E-state index in [4.69, 9.17) is 27.8 Å². The van der Waals surface area contributed by atoms with Gasteiger partial charge in [-0.05, 0) is 30.7 Å². The van der Waals surface area contributed by atoms with Crippen LogP contribution in [0.15, 0.2) is 42.6 Å². The number of nitrogens with two attached hydrogens (primary N) is 2. The minimum Gasteiger partial charge on any atom is -0.470 e. The zero-order chi connectivity index (χ0) is 22.8. The molecule has 0 saturated carbocycles. The maximum absolute atomic E-state index is 14.0. The molecular formula is C22H20ClF2N5O2. The lowest BCUT2D eigenvalue weighted by Gasteiger charge is -2.16. The molecule has 0 radical (unpaired) electrons. The van der Waals surface area contributed by atoms with Crippen molar-refractivity contribution < 1.29 is 18.3 Å². The first-order chi connectivity index (χ1) is 15.3. The van der Waals surface area contributed by atoms with E-state index in [0.717, 1.165) is 18.6 Å². The molecule has 1 fully saturated rings. The number of aromatic nitrogens is 2. The fourth-order valence-corrected chi connectivity index (χ4v) is 3.61. The highest BCUT2D eigenvalue weighted by molar-refractivity contribution is 6.31. The van der Waals surface area contributed by atoms with Gasteiger partial charge >= 0.3 is 0 Å². The predicted molar refractivity (Wildman–Crippen MR) is 116 cm³/mol. The van der Waals surface area contributed by atoms with E-state index in [9.17, 15) is 13.6 Å². The normalized spacial score (nSPS) is 15.8. The molecule has 3 aromatic rings. The average molecular weight is 460 g/mol. The predicted octanol–water partition coefficient (Wildman–Crippen LogP) is 3.41. The summed E-state index contributed by atoms with van der Waals surface area (Å²) in [4.78, 5) is 22.7. The Hall–Kier alpha value is -3.30. The molecule has 2 heterocycles. The van der Waals surface area contributed by atoms with Crippen molar-refractivity contribution in [1.29, 1.82) is 0 Å². The van der Waals surface area contributed by atoms with Gasteiger partial charge in [0.2, 0.25) is 0 Å². The van der Waals surface area contributed by atoms with E-state index in [1.165, 1.54) is 6.20 Å². The molecule has 1 aromatic heterocycles. The van der Waals surface area contributed by atoms with E-state index in [2.05, 4.69) is 9.97 Å². The first-order valence-corrected chi connectivity index (χ1v) is 10.2. The molecule has 0 unspecified atom stereocenters. The van der Waals surface area contributed by atoms with Crippen LogP contribution in [-0.4, -0.2) is 39.9 Å². The summed E-state index contributed by atoms with van der Waals surface area (Å²) in [6.45, 7) is 0.804. The number of anilines is 1. The van der Waals surface area contributed by atoms with Crippen molar-refractivity contribution in [3.8, 4) is 17.1 Å². The van der Waals surface area contributed by atoms with Gasteiger partial charge in [0.1, 0.15) is 18.2 Å². The molecule has 2 aromatic carbocycles. The lowest BCUT2D eigenvalue weighted by atomic mass is 10.1. The van der Waals surface area contributed by atoms with Crippen LogP contribution in [0.4, 0.5) is 14.6 Å². The van der Waals surface area contributed by atoms with E-state index < -0.39 is 11.6 Å². The van der Waals surface area contributed by atoms with Crippen LogP contribution in [0.1, 0.15) is 22.3 Å². The first-order valence-electron chi connectivity index (χ1n) is 9.86. The van der Waals surface area contributed by atoms with Crippen molar-refractivity contribution in [2.45, 2.75) is 19.1 Å². The summed E-state index contributed by atoms with van der Waals surface area (Å²) in [5.74, 6) is -1.61. The van der Waals surface area contributed by atoms with Crippen molar-refractivity contribution in [3.63, 3.8) is 0 Å². The molecule has 4 rings (SSSR count). The van der Waals surface area contributed by atoms with Gasteiger partial charge in [0.05, 0.1) is 16.9 Å². The number of hydrogen-bond acceptors (Lipinski definition) is 6. The number of hydrogen-bond donors (Lipinski definition) is 2. The molecule has 10 heteroatoms. The third kappa shape index (κ3) is 4.49. The highest BCUT2D eigenvalue weighted by Gasteiger charge is 2.24. The lowest BCUT2D eigenvalue weighted by molar-refractivity contribution is 0.0791. The summed E-state index contributed by atoms with van der Waals surface area (Å²) in [5.41, 5.74) is 13.2. The molecule has 0 aliphatic carbocycles. The molecule has 166 valence electrons. The maximum atomic E-state index is 14.0. The third-order valence-corrected chi connectivity index (χ3v) is 5.61. The van der Waals surface area contributed by atoms with Gasteiger partial charge in [0.15, 0.2) is 5.82 Å². The smallest absolute Gasteiger partial charge is 0.258 e. The Bertz CT molecular complexity index is 1160. The number of rotatable bonds is 5. The van der Waals surface area contributed by atoms with Gasteiger partial charge in [-0.25, -0.2) is 18.7 Å². The molecule has 4 N–H and O–H groups in total. The van der Waals surface area contributed by atoms with Gasteiger partial charge < -0.3 is 21.1 Å². The van der Waals surface area contributed by atoms with Gasteiger partial charge in [-0.15, -0.1) is 0 Å². The Kier molecular flexibility index (Phi) is 6.20. The minimum absolute atomic E-state index is 0.0115. The van der Waals surface area contributed by atoms with Crippen LogP contribution in [0, 0.1) is 11.6 Å². The Morgan fingerprint density at radius 3 is 2.59 bits per heavy atom. The van der Waals surface area contributed by atoms with Gasteiger partial charge in [-0.1, -0.05) is 23.7 Å². The number of nitrogens with zero attached hydrogens (tertiary/aromatic N) is 3. The fourth-order valence-electron chi connectivity index (χ4n) is 3.41. The number of amides is 1. The van der Waals surface area contributed by atoms with Crippen LogP contribution < -0.4 is 16.2 Å². The maximum Gasteiger partial charge on any atom is 0.258 e. The van der Waals surface area contributed by atoms with Crippen LogP contribution in [0.2, 0.25) is 5.02 Å². The van der Waals surface area contributed by atoms with E-state index in [1.54, 1.807) is 29.2 Å². The Morgan fingerprint density at radius 1 is 1.19 bits per heavy atom. The van der Waals surface area contributed by atoms with Crippen molar-refractivity contribution in [2.24, 2.45) is 5.73 Å². The highest BCUT2D eigenvalue weighted by Crippen LogP contribution is 2.27. The molecule has 1 aliphatic heterocycles. The molecule has 1 saturated heterocycles. The van der Waals surface area contributed by atoms with E-state index in [1.807, 2.05) is 0 Å².